The third-order valence-electron chi connectivity index (χ3n) is 3.93. The number of nitrogen functional groups attached to an aromatic ring is 1. The van der Waals surface area contributed by atoms with Gasteiger partial charge in [-0.3, -0.25) is 4.98 Å². The minimum atomic E-state index is -0.00973. The summed E-state index contributed by atoms with van der Waals surface area (Å²) in [5, 5.41) is 8.19. The van der Waals surface area contributed by atoms with E-state index in [1.54, 1.807) is 12.4 Å². The van der Waals surface area contributed by atoms with Gasteiger partial charge in [0.2, 0.25) is 0 Å². The van der Waals surface area contributed by atoms with Crippen molar-refractivity contribution < 1.29 is 4.74 Å². The van der Waals surface area contributed by atoms with E-state index in [9.17, 15) is 0 Å². The van der Waals surface area contributed by atoms with Crippen molar-refractivity contribution in [3.05, 3.63) is 35.9 Å². The lowest BCUT2D eigenvalue weighted by molar-refractivity contribution is 0.232. The summed E-state index contributed by atoms with van der Waals surface area (Å²) in [6, 6.07) is 3.99. The van der Waals surface area contributed by atoms with Gasteiger partial charge in [-0.05, 0) is 38.0 Å². The number of anilines is 1. The first-order valence-corrected chi connectivity index (χ1v) is 8.67. The van der Waals surface area contributed by atoms with Crippen LogP contribution in [-0.2, 0) is 13.0 Å². The Labute approximate surface area is 147 Å². The lowest BCUT2D eigenvalue weighted by Crippen LogP contribution is -2.11. The minimum Gasteiger partial charge on any atom is -0.472 e. The molecule has 3 aromatic heterocycles. The molecule has 0 bridgehead atoms. The lowest BCUT2D eigenvalue weighted by Gasteiger charge is -2.13. The van der Waals surface area contributed by atoms with Crippen LogP contribution in [0.1, 0.15) is 45.0 Å². The number of nitrogens with two attached hydrogens (primary N) is 1. The van der Waals surface area contributed by atoms with Crippen molar-refractivity contribution in [3.63, 3.8) is 0 Å². The summed E-state index contributed by atoms with van der Waals surface area (Å²) >= 11 is 0. The van der Waals surface area contributed by atoms with E-state index in [-0.39, 0.29) is 6.10 Å². The van der Waals surface area contributed by atoms with E-state index >= 15 is 0 Å². The molecule has 3 aromatic rings. The molecule has 7 nitrogen and oxygen atoms in total. The summed E-state index contributed by atoms with van der Waals surface area (Å²) < 4.78 is 8.02. The molecule has 0 saturated carbocycles. The van der Waals surface area contributed by atoms with E-state index < -0.39 is 0 Å². The Balaban J connectivity index is 2.16. The molecule has 25 heavy (non-hydrogen) atoms. The van der Waals surface area contributed by atoms with Gasteiger partial charge in [0, 0.05) is 25.4 Å². The molecule has 0 fully saturated rings. The molecular formula is C18H24N6O. The zero-order valence-electron chi connectivity index (χ0n) is 14.9. The maximum absolute atomic E-state index is 6.05. The predicted molar refractivity (Wildman–Crippen MR) is 97.5 cm³/mol. The number of aryl methyl sites for hydroxylation is 1. The molecule has 0 radical (unpaired) electrons. The number of hydrogen-bond donors (Lipinski definition) is 1. The molecule has 7 heteroatoms. The average Bonchev–Trinajstić information content (AvgIpc) is 2.96. The third kappa shape index (κ3) is 3.70. The van der Waals surface area contributed by atoms with Crippen LogP contribution in [0.3, 0.4) is 0 Å². The molecule has 2 N–H and O–H groups in total. The van der Waals surface area contributed by atoms with Gasteiger partial charge in [-0.15, -0.1) is 10.2 Å². The van der Waals surface area contributed by atoms with Gasteiger partial charge >= 0.3 is 0 Å². The Kier molecular flexibility index (Phi) is 5.11. The molecule has 0 saturated heterocycles. The van der Waals surface area contributed by atoms with Crippen LogP contribution in [0.2, 0.25) is 0 Å². The monoisotopic (exact) mass is 340 g/mol. The number of hydrogen-bond acceptors (Lipinski definition) is 6. The Bertz CT molecular complexity index is 844. The van der Waals surface area contributed by atoms with Crippen LogP contribution in [0.5, 0.6) is 5.88 Å². The fourth-order valence-electron chi connectivity index (χ4n) is 2.76. The number of imidazole rings is 1. The maximum atomic E-state index is 6.05. The Morgan fingerprint density at radius 1 is 1.20 bits per heavy atom. The Morgan fingerprint density at radius 2 is 1.96 bits per heavy atom. The fourth-order valence-corrected chi connectivity index (χ4v) is 2.76. The van der Waals surface area contributed by atoms with Crippen molar-refractivity contribution in [2.45, 2.75) is 52.7 Å². The highest BCUT2D eigenvalue weighted by molar-refractivity contribution is 5.88. The van der Waals surface area contributed by atoms with Crippen LogP contribution in [0.25, 0.3) is 11.0 Å². The molecule has 3 rings (SSSR count). The van der Waals surface area contributed by atoms with Gasteiger partial charge in [-0.25, -0.2) is 4.98 Å². The molecule has 0 atom stereocenters. The average molecular weight is 340 g/mol. The smallest absolute Gasteiger partial charge is 0.260 e. The number of unbranched alkanes of at least 4 members (excludes halogenated alkanes) is 1. The zero-order chi connectivity index (χ0) is 17.8. The Morgan fingerprint density at radius 3 is 2.64 bits per heavy atom. The Hall–Kier alpha value is -2.70. The van der Waals surface area contributed by atoms with Gasteiger partial charge in [-0.2, -0.15) is 0 Å². The van der Waals surface area contributed by atoms with Crippen molar-refractivity contribution in [2.75, 3.05) is 5.73 Å². The number of pyridine rings is 1. The van der Waals surface area contributed by atoms with E-state index in [0.717, 1.165) is 36.2 Å². The second-order valence-electron chi connectivity index (χ2n) is 6.33. The van der Waals surface area contributed by atoms with E-state index in [1.165, 1.54) is 0 Å². The van der Waals surface area contributed by atoms with E-state index in [0.29, 0.717) is 23.8 Å². The fraction of sp³-hybridized carbons (Fsp3) is 0.444. The highest BCUT2D eigenvalue weighted by Gasteiger charge is 2.20. The molecule has 0 aliphatic heterocycles. The van der Waals surface area contributed by atoms with Gasteiger partial charge in [0.05, 0.1) is 6.10 Å². The number of aromatic nitrogens is 5. The highest BCUT2D eigenvalue weighted by Crippen LogP contribution is 2.29. The van der Waals surface area contributed by atoms with Crippen molar-refractivity contribution in [3.8, 4) is 5.88 Å². The van der Waals surface area contributed by atoms with Crippen molar-refractivity contribution in [1.29, 1.82) is 0 Å². The van der Waals surface area contributed by atoms with Crippen LogP contribution in [0, 0.1) is 0 Å². The van der Waals surface area contributed by atoms with E-state index in [1.807, 2.05) is 26.0 Å². The van der Waals surface area contributed by atoms with Gasteiger partial charge < -0.3 is 15.0 Å². The summed E-state index contributed by atoms with van der Waals surface area (Å²) in [6.45, 7) is 6.76. The summed E-state index contributed by atoms with van der Waals surface area (Å²) in [5.74, 6) is 1.78. The second kappa shape index (κ2) is 7.46. The molecule has 0 aliphatic carbocycles. The number of ether oxygens (including phenoxy) is 1. The van der Waals surface area contributed by atoms with Crippen LogP contribution in [0.15, 0.2) is 24.5 Å². The van der Waals surface area contributed by atoms with Crippen LogP contribution >= 0.6 is 0 Å². The van der Waals surface area contributed by atoms with Gasteiger partial charge in [0.15, 0.2) is 5.82 Å². The SMILES string of the molecule is CCCCc1nc2c(N)nnc(OC(C)C)c2n1Cc1ccncc1. The van der Waals surface area contributed by atoms with Crippen LogP contribution in [0.4, 0.5) is 5.82 Å². The van der Waals surface area contributed by atoms with E-state index in [4.69, 9.17) is 15.5 Å². The van der Waals surface area contributed by atoms with Gasteiger partial charge in [0.1, 0.15) is 16.9 Å². The minimum absolute atomic E-state index is 0.00973. The zero-order valence-corrected chi connectivity index (χ0v) is 14.9. The predicted octanol–water partition coefficient (Wildman–Crippen LogP) is 2.98. The number of fused-ring (bicyclic) bond motifs is 1. The standard InChI is InChI=1S/C18H24N6O/c1-4-5-6-14-21-15-16(18(25-12(2)3)23-22-17(15)19)24(14)11-13-7-9-20-10-8-13/h7-10,12H,4-6,11H2,1-3H3,(H2,19,22). The molecular weight excluding hydrogens is 316 g/mol. The lowest BCUT2D eigenvalue weighted by atomic mass is 10.2. The summed E-state index contributed by atoms with van der Waals surface area (Å²) in [6.07, 6.45) is 6.60. The maximum Gasteiger partial charge on any atom is 0.260 e. The molecule has 0 aromatic carbocycles. The first-order chi connectivity index (χ1) is 12.1. The molecule has 132 valence electrons. The van der Waals surface area contributed by atoms with Crippen LogP contribution in [-0.4, -0.2) is 30.8 Å². The van der Waals surface area contributed by atoms with E-state index in [2.05, 4.69) is 26.7 Å². The largest absolute Gasteiger partial charge is 0.472 e. The van der Waals surface area contributed by atoms with Crippen molar-refractivity contribution >= 4 is 16.9 Å². The number of nitrogens with zero attached hydrogens (tertiary/aromatic N) is 5. The highest BCUT2D eigenvalue weighted by atomic mass is 16.5. The molecule has 0 amide bonds. The molecule has 3 heterocycles. The normalized spacial score (nSPS) is 11.4. The first kappa shape index (κ1) is 17.1. The van der Waals surface area contributed by atoms with Crippen molar-refractivity contribution in [1.82, 2.24) is 24.7 Å². The quantitative estimate of drug-likeness (QED) is 0.711. The summed E-state index contributed by atoms with van der Waals surface area (Å²) in [5.41, 5.74) is 8.65. The summed E-state index contributed by atoms with van der Waals surface area (Å²) in [4.78, 5) is 8.84. The van der Waals surface area contributed by atoms with Gasteiger partial charge in [0.25, 0.3) is 5.88 Å². The van der Waals surface area contributed by atoms with Crippen LogP contribution < -0.4 is 10.5 Å². The van der Waals surface area contributed by atoms with Gasteiger partial charge in [-0.1, -0.05) is 13.3 Å². The second-order valence-corrected chi connectivity index (χ2v) is 6.33. The first-order valence-electron chi connectivity index (χ1n) is 8.67. The topological polar surface area (TPSA) is 91.7 Å². The van der Waals surface area contributed by atoms with Crippen molar-refractivity contribution in [2.24, 2.45) is 0 Å². The molecule has 0 aliphatic rings. The summed E-state index contributed by atoms with van der Waals surface area (Å²) in [7, 11) is 0. The molecule has 0 unspecified atom stereocenters. The third-order valence-corrected chi connectivity index (χ3v) is 3.93. The molecule has 0 spiro atoms. The number of rotatable bonds is 7.